The lowest BCUT2D eigenvalue weighted by Gasteiger charge is -2.35. The van der Waals surface area contributed by atoms with Crippen LogP contribution in [0.15, 0.2) is 84.4 Å². The van der Waals surface area contributed by atoms with E-state index in [2.05, 4.69) is 5.32 Å². The molecule has 0 radical (unpaired) electrons. The van der Waals surface area contributed by atoms with Gasteiger partial charge < -0.3 is 19.9 Å². The van der Waals surface area contributed by atoms with Crippen LogP contribution in [0.2, 0.25) is 5.02 Å². The monoisotopic (exact) mass is 599 g/mol. The molecule has 3 aromatic rings. The van der Waals surface area contributed by atoms with Crippen LogP contribution >= 0.6 is 11.6 Å². The van der Waals surface area contributed by atoms with E-state index in [0.717, 1.165) is 23.3 Å². The summed E-state index contributed by atoms with van der Waals surface area (Å²) >= 11 is 5.89. The van der Waals surface area contributed by atoms with Gasteiger partial charge in [-0.05, 0) is 73.7 Å². The van der Waals surface area contributed by atoms with E-state index >= 15 is 0 Å². The number of hydrogen-bond acceptors (Lipinski definition) is 3. The molecule has 1 aliphatic rings. The van der Waals surface area contributed by atoms with Gasteiger partial charge in [0.1, 0.15) is 5.75 Å². The summed E-state index contributed by atoms with van der Waals surface area (Å²) in [4.78, 5) is 29.5. The van der Waals surface area contributed by atoms with Crippen LogP contribution in [0.4, 0.5) is 23.7 Å². The third kappa shape index (κ3) is 9.27. The molecule has 222 valence electrons. The number of likely N-dealkylation sites (tertiary alicyclic amines) is 1. The zero-order valence-electron chi connectivity index (χ0n) is 23.2. The van der Waals surface area contributed by atoms with Crippen molar-refractivity contribution < 1.29 is 27.5 Å². The molecule has 1 aliphatic heterocycles. The van der Waals surface area contributed by atoms with Crippen LogP contribution in [-0.2, 0) is 11.0 Å². The lowest BCUT2D eigenvalue weighted by atomic mass is 9.96. The van der Waals surface area contributed by atoms with E-state index in [9.17, 15) is 22.8 Å². The summed E-state index contributed by atoms with van der Waals surface area (Å²) in [5.74, 6) is 0.552. The van der Waals surface area contributed by atoms with Crippen LogP contribution in [0.5, 0.6) is 5.75 Å². The molecular weight excluding hydrogens is 567 g/mol. The van der Waals surface area contributed by atoms with Gasteiger partial charge in [0.25, 0.3) is 5.91 Å². The van der Waals surface area contributed by atoms with Crippen molar-refractivity contribution in [2.45, 2.75) is 25.9 Å². The van der Waals surface area contributed by atoms with Gasteiger partial charge in [-0.2, -0.15) is 13.2 Å². The Morgan fingerprint density at radius 1 is 1.02 bits per heavy atom. The van der Waals surface area contributed by atoms with E-state index in [1.807, 2.05) is 43.3 Å². The minimum Gasteiger partial charge on any atom is -0.484 e. The lowest BCUT2D eigenvalue weighted by Crippen LogP contribution is -2.45. The zero-order chi connectivity index (χ0) is 30.1. The average molecular weight is 600 g/mol. The zero-order valence-corrected chi connectivity index (χ0v) is 24.0. The van der Waals surface area contributed by atoms with E-state index in [0.29, 0.717) is 49.8 Å². The van der Waals surface area contributed by atoms with E-state index in [-0.39, 0.29) is 24.1 Å². The van der Waals surface area contributed by atoms with Crippen LogP contribution in [0, 0.1) is 5.92 Å². The number of benzene rings is 3. The van der Waals surface area contributed by atoms with Crippen molar-refractivity contribution in [3.05, 3.63) is 101 Å². The minimum absolute atomic E-state index is 0.0746. The highest BCUT2D eigenvalue weighted by atomic mass is 35.5. The molecule has 0 aliphatic carbocycles. The van der Waals surface area contributed by atoms with Crippen LogP contribution in [-0.4, -0.2) is 54.5 Å². The summed E-state index contributed by atoms with van der Waals surface area (Å²) in [7, 11) is 0. The Bertz CT molecular complexity index is 1370. The predicted octanol–water partition coefficient (Wildman–Crippen LogP) is 7.61. The fraction of sp³-hybridized carbons (Fsp3) is 0.312. The number of urea groups is 1. The molecule has 4 rings (SSSR count). The number of halogens is 4. The Morgan fingerprint density at radius 2 is 1.71 bits per heavy atom. The van der Waals surface area contributed by atoms with Gasteiger partial charge in [-0.25, -0.2) is 4.79 Å². The number of anilines is 1. The summed E-state index contributed by atoms with van der Waals surface area (Å²) < 4.78 is 45.2. The molecular formula is C32H33ClF3N3O3. The van der Waals surface area contributed by atoms with Crippen molar-refractivity contribution in [2.75, 3.05) is 38.1 Å². The average Bonchev–Trinajstić information content (AvgIpc) is 2.97. The quantitative estimate of drug-likeness (QED) is 0.275. The van der Waals surface area contributed by atoms with E-state index in [4.69, 9.17) is 16.3 Å². The van der Waals surface area contributed by atoms with Crippen LogP contribution in [0.25, 0.3) is 6.08 Å². The molecule has 0 atom stereocenters. The number of nitrogens with one attached hydrogen (secondary N) is 1. The highest BCUT2D eigenvalue weighted by Crippen LogP contribution is 2.31. The van der Waals surface area contributed by atoms with Gasteiger partial charge in [0.05, 0.1) is 5.56 Å². The van der Waals surface area contributed by atoms with E-state index in [1.54, 1.807) is 34.1 Å². The molecule has 0 aromatic heterocycles. The first-order chi connectivity index (χ1) is 20.1. The Hall–Kier alpha value is -3.98. The van der Waals surface area contributed by atoms with Gasteiger partial charge in [0.15, 0.2) is 6.61 Å². The number of hydrogen-bond donors (Lipinski definition) is 1. The molecule has 0 bridgehead atoms. The SMILES string of the molecule is C/C(=C\c1ccccc1)CN(CC1CCN(C(=O)COc2ccc(Cl)cc2)CC1)C(=O)Nc1cccc(C(F)(F)F)c1. The Balaban J connectivity index is 1.38. The second-order valence-corrected chi connectivity index (χ2v) is 10.8. The number of rotatable bonds is 9. The minimum atomic E-state index is -4.51. The lowest BCUT2D eigenvalue weighted by molar-refractivity contribution is -0.137. The molecule has 3 aromatic carbocycles. The van der Waals surface area contributed by atoms with E-state index < -0.39 is 17.8 Å². The molecule has 0 spiro atoms. The van der Waals surface area contributed by atoms with Crippen molar-refractivity contribution in [2.24, 2.45) is 5.92 Å². The summed E-state index contributed by atoms with van der Waals surface area (Å²) in [5.41, 5.74) is 1.16. The van der Waals surface area contributed by atoms with Crippen molar-refractivity contribution in [3.63, 3.8) is 0 Å². The maximum absolute atomic E-state index is 13.4. The first-order valence-corrected chi connectivity index (χ1v) is 14.1. The Labute approximate surface area is 248 Å². The van der Waals surface area contributed by atoms with Gasteiger partial charge >= 0.3 is 12.2 Å². The fourth-order valence-corrected chi connectivity index (χ4v) is 4.95. The van der Waals surface area contributed by atoms with Crippen molar-refractivity contribution in [3.8, 4) is 5.75 Å². The number of carbonyl (C=O) groups is 2. The standard InChI is InChI=1S/C32H33ClF3N3O3/c1-23(18-24-6-3-2-4-7-24)20-39(31(41)37-28-9-5-8-26(19-28)32(34,35)36)21-25-14-16-38(17-15-25)30(40)22-42-29-12-10-27(33)11-13-29/h2-13,18-19,25H,14-17,20-22H2,1H3,(H,37,41)/b23-18+. The van der Waals surface area contributed by atoms with Gasteiger partial charge in [0, 0.05) is 36.9 Å². The predicted molar refractivity (Wildman–Crippen MR) is 158 cm³/mol. The number of ether oxygens (including phenoxy) is 1. The number of amides is 3. The first kappa shape index (κ1) is 31.0. The highest BCUT2D eigenvalue weighted by Gasteiger charge is 2.31. The summed E-state index contributed by atoms with van der Waals surface area (Å²) in [5, 5.41) is 3.23. The Morgan fingerprint density at radius 3 is 2.38 bits per heavy atom. The van der Waals surface area contributed by atoms with Crippen molar-refractivity contribution in [1.82, 2.24) is 9.80 Å². The van der Waals surface area contributed by atoms with Gasteiger partial charge in [-0.15, -0.1) is 0 Å². The fourth-order valence-electron chi connectivity index (χ4n) is 4.82. The number of piperidine rings is 1. The molecule has 1 fully saturated rings. The molecule has 3 amide bonds. The van der Waals surface area contributed by atoms with E-state index in [1.165, 1.54) is 12.1 Å². The number of carbonyl (C=O) groups excluding carboxylic acids is 2. The summed E-state index contributed by atoms with van der Waals surface area (Å²) in [6, 6.07) is 20.6. The molecule has 1 saturated heterocycles. The second kappa shape index (κ2) is 14.3. The number of alkyl halides is 3. The largest absolute Gasteiger partial charge is 0.484 e. The number of nitrogens with zero attached hydrogens (tertiary/aromatic N) is 2. The molecule has 1 heterocycles. The molecule has 6 nitrogen and oxygen atoms in total. The molecule has 10 heteroatoms. The van der Waals surface area contributed by atoms with Gasteiger partial charge in [0.2, 0.25) is 0 Å². The van der Waals surface area contributed by atoms with Crippen LogP contribution < -0.4 is 10.1 Å². The molecule has 1 N–H and O–H groups in total. The first-order valence-electron chi connectivity index (χ1n) is 13.7. The topological polar surface area (TPSA) is 61.9 Å². The molecule has 0 saturated carbocycles. The molecule has 0 unspecified atom stereocenters. The van der Waals surface area contributed by atoms with Crippen LogP contribution in [0.1, 0.15) is 30.9 Å². The summed E-state index contributed by atoms with van der Waals surface area (Å²) in [6.45, 7) is 3.58. The maximum Gasteiger partial charge on any atom is 0.416 e. The van der Waals surface area contributed by atoms with Gasteiger partial charge in [-0.3, -0.25) is 4.79 Å². The van der Waals surface area contributed by atoms with Crippen molar-refractivity contribution >= 4 is 35.3 Å². The smallest absolute Gasteiger partial charge is 0.416 e. The Kier molecular flexibility index (Phi) is 10.5. The summed E-state index contributed by atoms with van der Waals surface area (Å²) in [6.07, 6.45) is -1.17. The highest BCUT2D eigenvalue weighted by molar-refractivity contribution is 6.30. The third-order valence-electron chi connectivity index (χ3n) is 7.00. The normalized spacial score (nSPS) is 14.4. The van der Waals surface area contributed by atoms with Crippen molar-refractivity contribution in [1.29, 1.82) is 0 Å². The van der Waals surface area contributed by atoms with Gasteiger partial charge in [-0.1, -0.05) is 59.6 Å². The van der Waals surface area contributed by atoms with Crippen LogP contribution in [0.3, 0.4) is 0 Å². The third-order valence-corrected chi connectivity index (χ3v) is 7.26. The molecule has 42 heavy (non-hydrogen) atoms. The maximum atomic E-state index is 13.4. The second-order valence-electron chi connectivity index (χ2n) is 10.4.